The maximum atomic E-state index is 13.6. The van der Waals surface area contributed by atoms with Crippen molar-refractivity contribution >= 4 is 23.9 Å². The Bertz CT molecular complexity index is 1500. The summed E-state index contributed by atoms with van der Waals surface area (Å²) in [7, 11) is 3.18. The van der Waals surface area contributed by atoms with Gasteiger partial charge in [0.2, 0.25) is 18.6 Å². The number of ether oxygens (including phenoxy) is 6. The molecule has 294 valence electrons. The molecule has 0 saturated carbocycles. The number of amides is 3. The molecule has 1 saturated heterocycles. The van der Waals surface area contributed by atoms with Gasteiger partial charge in [0, 0.05) is 32.2 Å². The normalized spacial score (nSPS) is 17.6. The first-order valence-corrected chi connectivity index (χ1v) is 18.2. The van der Waals surface area contributed by atoms with E-state index in [0.29, 0.717) is 37.2 Å². The molecule has 3 N–H and O–H groups in total. The highest BCUT2D eigenvalue weighted by molar-refractivity contribution is 5.87. The van der Waals surface area contributed by atoms with Gasteiger partial charge in [-0.2, -0.15) is 0 Å². The van der Waals surface area contributed by atoms with Gasteiger partial charge in [-0.25, -0.2) is 14.6 Å². The molecule has 3 amide bonds. The molecular weight excluding hydrogens is 684 g/mol. The summed E-state index contributed by atoms with van der Waals surface area (Å²) in [6, 6.07) is 10.2. The Morgan fingerprint density at radius 2 is 1.75 bits per heavy atom. The Morgan fingerprint density at radius 1 is 1.02 bits per heavy atom. The molecule has 1 aliphatic heterocycles. The van der Waals surface area contributed by atoms with Gasteiger partial charge >= 0.3 is 12.1 Å². The predicted molar refractivity (Wildman–Crippen MR) is 197 cm³/mol. The number of rotatable bonds is 20. The molecule has 14 nitrogen and oxygen atoms in total. The number of benzene rings is 1. The number of esters is 1. The lowest BCUT2D eigenvalue weighted by Crippen LogP contribution is -2.47. The Balaban J connectivity index is 1.86. The molecule has 2 heterocycles. The highest BCUT2D eigenvalue weighted by Crippen LogP contribution is 2.36. The molecule has 0 radical (unpaired) electrons. The summed E-state index contributed by atoms with van der Waals surface area (Å²) in [6.07, 6.45) is 1.91. The topological polar surface area (TPSA) is 178 Å². The van der Waals surface area contributed by atoms with Crippen LogP contribution in [-0.2, 0) is 35.0 Å². The molecule has 1 fully saturated rings. The van der Waals surface area contributed by atoms with Crippen LogP contribution in [0.4, 0.5) is 4.79 Å². The monoisotopic (exact) mass is 742 g/mol. The molecule has 1 aromatic carbocycles. The quantitative estimate of drug-likeness (QED) is 0.133. The largest absolute Gasteiger partial charge is 0.493 e. The first kappa shape index (κ1) is 43.0. The maximum absolute atomic E-state index is 13.6. The number of hydrogen-bond acceptors (Lipinski definition) is 11. The van der Waals surface area contributed by atoms with Gasteiger partial charge in [0.05, 0.1) is 24.7 Å². The molecular formula is C39H58N4O10. The van der Waals surface area contributed by atoms with Crippen molar-refractivity contribution in [1.82, 2.24) is 15.2 Å². The van der Waals surface area contributed by atoms with Crippen molar-refractivity contribution in [2.75, 3.05) is 34.3 Å². The molecule has 1 aliphatic rings. The van der Waals surface area contributed by atoms with E-state index in [9.17, 15) is 19.2 Å². The number of carbonyl (C=O) groups excluding carboxylic acids is 4. The average Bonchev–Trinajstić information content (AvgIpc) is 3.53. The van der Waals surface area contributed by atoms with Crippen molar-refractivity contribution in [2.24, 2.45) is 34.8 Å². The van der Waals surface area contributed by atoms with Gasteiger partial charge in [-0.15, -0.1) is 0 Å². The lowest BCUT2D eigenvalue weighted by molar-refractivity contribution is -0.130. The van der Waals surface area contributed by atoms with Crippen LogP contribution < -0.4 is 20.5 Å². The SMILES string of the molecule is CCC(OC)Oc1cc(C[C@@H](C[C@H]2[C@H](C[C@H](C(=O)NCC(C)(C)C(N)=O)C(C)C)OCN2C(=O)OCOC(=O)c2ccccn2)C(C)C)ccc1OC. The molecule has 53 heavy (non-hydrogen) atoms. The summed E-state index contributed by atoms with van der Waals surface area (Å²) in [4.78, 5) is 56.9. The number of methoxy groups -OCH3 is 2. The third kappa shape index (κ3) is 12.3. The minimum atomic E-state index is -0.929. The summed E-state index contributed by atoms with van der Waals surface area (Å²) in [6.45, 7) is 12.9. The van der Waals surface area contributed by atoms with Crippen LogP contribution in [0.2, 0.25) is 0 Å². The lowest BCUT2D eigenvalue weighted by atomic mass is 9.80. The van der Waals surface area contributed by atoms with Crippen LogP contribution in [-0.4, -0.2) is 86.5 Å². The van der Waals surface area contributed by atoms with Crippen molar-refractivity contribution in [3.05, 3.63) is 53.9 Å². The van der Waals surface area contributed by atoms with Crippen LogP contribution in [0.15, 0.2) is 42.6 Å². The predicted octanol–water partition coefficient (Wildman–Crippen LogP) is 5.32. The summed E-state index contributed by atoms with van der Waals surface area (Å²) in [5.41, 5.74) is 5.70. The fourth-order valence-corrected chi connectivity index (χ4v) is 6.09. The second-order valence-electron chi connectivity index (χ2n) is 14.7. The molecule has 14 heteroatoms. The number of aromatic nitrogens is 1. The van der Waals surface area contributed by atoms with Crippen LogP contribution in [0.1, 0.15) is 83.8 Å². The van der Waals surface area contributed by atoms with E-state index in [1.807, 2.05) is 39.0 Å². The van der Waals surface area contributed by atoms with Crippen LogP contribution in [0.3, 0.4) is 0 Å². The Kier molecular flexibility index (Phi) is 16.3. The number of nitrogens with zero attached hydrogens (tertiary/aromatic N) is 2. The third-order valence-electron chi connectivity index (χ3n) is 9.81. The molecule has 3 rings (SSSR count). The number of pyridine rings is 1. The fourth-order valence-electron chi connectivity index (χ4n) is 6.09. The zero-order valence-electron chi connectivity index (χ0n) is 32.6. The Morgan fingerprint density at radius 3 is 2.34 bits per heavy atom. The first-order chi connectivity index (χ1) is 25.1. The van der Waals surface area contributed by atoms with Crippen molar-refractivity contribution in [3.8, 4) is 11.5 Å². The Labute approximate surface area is 313 Å². The second-order valence-corrected chi connectivity index (χ2v) is 14.7. The molecule has 1 unspecified atom stereocenters. The van der Waals surface area contributed by atoms with E-state index in [1.165, 1.54) is 17.2 Å². The van der Waals surface area contributed by atoms with Gasteiger partial charge in [0.25, 0.3) is 0 Å². The number of hydrogen-bond donors (Lipinski definition) is 2. The van der Waals surface area contributed by atoms with Crippen LogP contribution in [0.5, 0.6) is 11.5 Å². The second kappa shape index (κ2) is 20.1. The number of primary amides is 1. The molecule has 2 aromatic rings. The van der Waals surface area contributed by atoms with E-state index in [0.717, 1.165) is 5.56 Å². The van der Waals surface area contributed by atoms with Crippen molar-refractivity contribution in [3.63, 3.8) is 0 Å². The van der Waals surface area contributed by atoms with Gasteiger partial charge in [0.1, 0.15) is 12.4 Å². The van der Waals surface area contributed by atoms with Crippen LogP contribution >= 0.6 is 0 Å². The van der Waals surface area contributed by atoms with Crippen molar-refractivity contribution < 1.29 is 47.6 Å². The summed E-state index contributed by atoms with van der Waals surface area (Å²) < 4.78 is 34.0. The van der Waals surface area contributed by atoms with Gasteiger partial charge in [-0.1, -0.05) is 46.8 Å². The highest BCUT2D eigenvalue weighted by atomic mass is 16.7. The minimum absolute atomic E-state index is 0.0508. The number of carbonyl (C=O) groups is 4. The smallest absolute Gasteiger partial charge is 0.414 e. The number of nitrogens with two attached hydrogens (primary N) is 1. The zero-order chi connectivity index (χ0) is 39.3. The molecule has 1 aromatic heterocycles. The standard InChI is InChI=1S/C39H58N4O10/c1-10-34(49-9)53-33-18-26(14-15-31(33)48-8)17-27(24(2)3)19-30-32(20-28(25(4)5)35(44)42-21-39(6,7)37(40)46)50-22-43(30)38(47)52-23-51-36(45)29-13-11-12-16-41-29/h11-16,18,24-25,27-28,30,32,34H,10,17,19-23H2,1-9H3,(H2,40,46)(H,42,44)/t27-,28-,30-,32-,34?/m0/s1. The van der Waals surface area contributed by atoms with E-state index in [4.69, 9.17) is 34.2 Å². The van der Waals surface area contributed by atoms with E-state index < -0.39 is 54.5 Å². The van der Waals surface area contributed by atoms with E-state index in [1.54, 1.807) is 40.2 Å². The van der Waals surface area contributed by atoms with E-state index in [2.05, 4.69) is 24.1 Å². The molecule has 0 aliphatic carbocycles. The van der Waals surface area contributed by atoms with Gasteiger partial charge < -0.3 is 39.5 Å². The summed E-state index contributed by atoms with van der Waals surface area (Å²) >= 11 is 0. The lowest BCUT2D eigenvalue weighted by Gasteiger charge is -2.33. The summed E-state index contributed by atoms with van der Waals surface area (Å²) in [5, 5.41) is 2.90. The zero-order valence-corrected chi connectivity index (χ0v) is 32.6. The minimum Gasteiger partial charge on any atom is -0.493 e. The molecule has 0 bridgehead atoms. The van der Waals surface area contributed by atoms with Crippen molar-refractivity contribution in [1.29, 1.82) is 0 Å². The van der Waals surface area contributed by atoms with Crippen molar-refractivity contribution in [2.45, 2.75) is 92.6 Å². The summed E-state index contributed by atoms with van der Waals surface area (Å²) in [5.74, 6) is -0.660. The highest BCUT2D eigenvalue weighted by Gasteiger charge is 2.43. The number of nitrogens with one attached hydrogen (secondary N) is 1. The van der Waals surface area contributed by atoms with E-state index >= 15 is 0 Å². The Hall–Kier alpha value is -4.43. The average molecular weight is 743 g/mol. The van der Waals surface area contributed by atoms with Gasteiger partial charge in [-0.3, -0.25) is 14.5 Å². The van der Waals surface area contributed by atoms with E-state index in [-0.39, 0.29) is 42.6 Å². The van der Waals surface area contributed by atoms with Crippen LogP contribution in [0, 0.1) is 29.1 Å². The fraction of sp³-hybridized carbons (Fsp3) is 0.615. The first-order valence-electron chi connectivity index (χ1n) is 18.2. The molecule has 0 spiro atoms. The maximum Gasteiger partial charge on any atom is 0.414 e. The third-order valence-corrected chi connectivity index (χ3v) is 9.81. The van der Waals surface area contributed by atoms with Crippen LogP contribution in [0.25, 0.3) is 0 Å². The molecule has 5 atom stereocenters. The van der Waals surface area contributed by atoms with Gasteiger partial charge in [0.15, 0.2) is 17.8 Å². The van der Waals surface area contributed by atoms with Gasteiger partial charge in [-0.05, 0) is 80.7 Å².